The minimum atomic E-state index is -0.198. The maximum Gasteiger partial charge on any atom is 0.119 e. The number of para-hydroxylation sites is 1. The van der Waals surface area contributed by atoms with E-state index >= 15 is 0 Å². The number of ether oxygens (including phenoxy) is 1. The molecule has 0 saturated heterocycles. The van der Waals surface area contributed by atoms with Crippen LogP contribution in [0.1, 0.15) is 5.56 Å². The van der Waals surface area contributed by atoms with Crippen molar-refractivity contribution >= 4 is 12.7 Å². The summed E-state index contributed by atoms with van der Waals surface area (Å²) in [5.74, 6) is 0.665. The molecule has 0 aliphatic rings. The molecule has 0 amide bonds. The Morgan fingerprint density at radius 1 is 1.11 bits per heavy atom. The van der Waals surface area contributed by atoms with Crippen LogP contribution in [0.5, 0.6) is 5.75 Å². The molecule has 2 radical (unpaired) electrons. The van der Waals surface area contributed by atoms with Crippen molar-refractivity contribution in [2.24, 2.45) is 0 Å². The van der Waals surface area contributed by atoms with E-state index in [1.54, 1.807) is 12.1 Å². The molecule has 3 heteroatoms. The first kappa shape index (κ1) is 12.7. The maximum atomic E-state index is 13.1. The van der Waals surface area contributed by atoms with Crippen molar-refractivity contribution in [2.45, 2.75) is 13.2 Å². The molecule has 0 atom stereocenters. The molecule has 0 bridgehead atoms. The van der Waals surface area contributed by atoms with Gasteiger partial charge in [-0.1, -0.05) is 35.9 Å². The molecule has 0 aliphatic heterocycles. The largest absolute Gasteiger partial charge is 0.497 e. The van der Waals surface area contributed by atoms with Crippen LogP contribution in [0.3, 0.4) is 0 Å². The van der Waals surface area contributed by atoms with Gasteiger partial charge in [-0.15, -0.1) is 0 Å². The fourth-order valence-corrected chi connectivity index (χ4v) is 1.74. The van der Waals surface area contributed by atoms with Crippen LogP contribution in [0.2, 0.25) is 6.32 Å². The van der Waals surface area contributed by atoms with Crippen molar-refractivity contribution in [3.63, 3.8) is 0 Å². The highest BCUT2D eigenvalue weighted by Crippen LogP contribution is 2.08. The van der Waals surface area contributed by atoms with Crippen LogP contribution >= 0.6 is 0 Å². The van der Waals surface area contributed by atoms with Gasteiger partial charge in [0.15, 0.2) is 0 Å². The molecule has 1 nitrogen and oxygen atoms in total. The Morgan fingerprint density at radius 2 is 1.89 bits per heavy atom. The zero-order valence-corrected chi connectivity index (χ0v) is 10.4. The molecule has 0 aromatic heterocycles. The maximum absolute atomic E-state index is 13.1. The molecule has 0 heterocycles. The molecule has 0 fully saturated rings. The van der Waals surface area contributed by atoms with Crippen molar-refractivity contribution in [1.29, 1.82) is 0 Å². The third kappa shape index (κ3) is 3.62. The van der Waals surface area contributed by atoms with E-state index in [1.807, 2.05) is 44.5 Å². The summed E-state index contributed by atoms with van der Waals surface area (Å²) in [6.45, 7) is 2.57. The van der Waals surface area contributed by atoms with E-state index in [4.69, 9.17) is 4.74 Å². The van der Waals surface area contributed by atoms with Gasteiger partial charge in [-0.25, -0.2) is 10.7 Å². The van der Waals surface area contributed by atoms with Crippen molar-refractivity contribution in [1.82, 2.24) is 0 Å². The Labute approximate surface area is 108 Å². The zero-order chi connectivity index (χ0) is 12.8. The van der Waals surface area contributed by atoms with Crippen molar-refractivity contribution in [3.05, 3.63) is 59.9 Å². The Hall–Kier alpha value is -1.77. The van der Waals surface area contributed by atoms with Gasteiger partial charge in [0.2, 0.25) is 0 Å². The first-order chi connectivity index (χ1) is 8.75. The monoisotopic (exact) mass is 241 g/mol. The van der Waals surface area contributed by atoms with Crippen LogP contribution in [0.15, 0.2) is 48.5 Å². The predicted molar refractivity (Wildman–Crippen MR) is 73.3 cm³/mol. The second-order valence-electron chi connectivity index (χ2n) is 4.16. The summed E-state index contributed by atoms with van der Waals surface area (Å²) in [7, 11) is 2.00. The van der Waals surface area contributed by atoms with E-state index in [-0.39, 0.29) is 5.82 Å². The number of benzene rings is 2. The van der Waals surface area contributed by atoms with Gasteiger partial charge in [-0.05, 0) is 25.1 Å². The second kappa shape index (κ2) is 6.24. The van der Waals surface area contributed by atoms with Crippen LogP contribution in [0.4, 0.5) is 4.39 Å². The van der Waals surface area contributed by atoms with Crippen molar-refractivity contribution < 1.29 is 9.13 Å². The van der Waals surface area contributed by atoms with E-state index < -0.39 is 0 Å². The summed E-state index contributed by atoms with van der Waals surface area (Å²) < 4.78 is 18.6. The van der Waals surface area contributed by atoms with E-state index in [1.165, 1.54) is 6.07 Å². The standard InChI is InChI=1S/C15H15BFO/c1-12-7-8-13(17)11-15(12)16-9-10-18-14-5-3-2-4-6-14/h2-8,11H,9-10H2,1H3/q-1. The lowest BCUT2D eigenvalue weighted by molar-refractivity contribution is 0.340. The van der Waals surface area contributed by atoms with Crippen LogP contribution in [-0.2, 0) is 0 Å². The number of aryl methyl sites for hydroxylation is 1. The average Bonchev–Trinajstić information content (AvgIpc) is 2.40. The van der Waals surface area contributed by atoms with Gasteiger partial charge >= 0.3 is 0 Å². The minimum Gasteiger partial charge on any atom is -0.497 e. The molecular weight excluding hydrogens is 226 g/mol. The molecule has 0 spiro atoms. The number of hydrogen-bond acceptors (Lipinski definition) is 1. The molecule has 0 N–H and O–H groups in total. The minimum absolute atomic E-state index is 0.198. The Balaban J connectivity index is 1.80. The molecule has 2 rings (SSSR count). The Bertz CT molecular complexity index is 499. The van der Waals surface area contributed by atoms with Gasteiger partial charge in [-0.2, -0.15) is 0 Å². The number of halogens is 1. The van der Waals surface area contributed by atoms with Gasteiger partial charge < -0.3 is 4.74 Å². The Kier molecular flexibility index (Phi) is 4.40. The summed E-state index contributed by atoms with van der Waals surface area (Å²) in [6.07, 6.45) is 0.763. The molecule has 0 aliphatic carbocycles. The van der Waals surface area contributed by atoms with E-state index in [9.17, 15) is 4.39 Å². The highest BCUT2D eigenvalue weighted by Gasteiger charge is 1.91. The topological polar surface area (TPSA) is 9.23 Å². The van der Waals surface area contributed by atoms with Crippen molar-refractivity contribution in [3.8, 4) is 5.75 Å². The number of rotatable bonds is 5. The smallest absolute Gasteiger partial charge is 0.119 e. The lowest BCUT2D eigenvalue weighted by Crippen LogP contribution is -2.19. The third-order valence-electron chi connectivity index (χ3n) is 2.74. The molecule has 0 saturated carbocycles. The first-order valence-corrected chi connectivity index (χ1v) is 6.03. The Morgan fingerprint density at radius 3 is 2.67 bits per heavy atom. The summed E-state index contributed by atoms with van der Waals surface area (Å²) >= 11 is 0. The summed E-state index contributed by atoms with van der Waals surface area (Å²) in [6, 6.07) is 14.5. The van der Waals surface area contributed by atoms with Crippen LogP contribution < -0.4 is 10.2 Å². The summed E-state index contributed by atoms with van der Waals surface area (Å²) in [5.41, 5.74) is 2.02. The molecule has 0 unspecified atom stereocenters. The lowest BCUT2D eigenvalue weighted by atomic mass is 9.66. The molecule has 18 heavy (non-hydrogen) atoms. The van der Waals surface area contributed by atoms with Gasteiger partial charge in [0.25, 0.3) is 0 Å². The van der Waals surface area contributed by atoms with E-state index in [2.05, 4.69) is 0 Å². The highest BCUT2D eigenvalue weighted by atomic mass is 19.1. The van der Waals surface area contributed by atoms with Crippen molar-refractivity contribution in [2.75, 3.05) is 6.61 Å². The second-order valence-corrected chi connectivity index (χ2v) is 4.16. The number of hydrogen-bond donors (Lipinski definition) is 0. The normalized spacial score (nSPS) is 10.3. The molecule has 2 aromatic rings. The third-order valence-corrected chi connectivity index (χ3v) is 2.74. The molecular formula is C15H15BFO-. The van der Waals surface area contributed by atoms with Gasteiger partial charge in [0.05, 0.1) is 6.61 Å². The predicted octanol–water partition coefficient (Wildman–Crippen LogP) is 2.96. The van der Waals surface area contributed by atoms with Gasteiger partial charge in [0.1, 0.15) is 11.6 Å². The first-order valence-electron chi connectivity index (χ1n) is 6.03. The SMILES string of the molecule is Cc1ccc(F)cc1[B-]CCOc1ccccc1. The lowest BCUT2D eigenvalue weighted by Gasteiger charge is -2.19. The quantitative estimate of drug-likeness (QED) is 0.577. The highest BCUT2D eigenvalue weighted by molar-refractivity contribution is 6.54. The van der Waals surface area contributed by atoms with Gasteiger partial charge in [-0.3, -0.25) is 12.7 Å². The fraction of sp³-hybridized carbons (Fsp3) is 0.200. The van der Waals surface area contributed by atoms with Crippen LogP contribution in [-0.4, -0.2) is 13.9 Å². The summed E-state index contributed by atoms with van der Waals surface area (Å²) in [4.78, 5) is 0. The van der Waals surface area contributed by atoms with E-state index in [0.29, 0.717) is 6.61 Å². The molecule has 92 valence electrons. The van der Waals surface area contributed by atoms with E-state index in [0.717, 1.165) is 23.1 Å². The summed E-state index contributed by atoms with van der Waals surface area (Å²) in [5, 5.41) is 0. The fourth-order valence-electron chi connectivity index (χ4n) is 1.74. The average molecular weight is 241 g/mol. The van der Waals surface area contributed by atoms with Crippen LogP contribution in [0.25, 0.3) is 0 Å². The molecule has 2 aromatic carbocycles. The van der Waals surface area contributed by atoms with Crippen LogP contribution in [0, 0.1) is 12.7 Å². The zero-order valence-electron chi connectivity index (χ0n) is 10.4. The van der Waals surface area contributed by atoms with Gasteiger partial charge in [0, 0.05) is 0 Å².